The summed E-state index contributed by atoms with van der Waals surface area (Å²) in [6.45, 7) is 9.61. The summed E-state index contributed by atoms with van der Waals surface area (Å²) in [5.74, 6) is 0.773. The first-order chi connectivity index (χ1) is 9.20. The number of likely N-dealkylation sites (tertiary alicyclic amines) is 1. The molecule has 2 fully saturated rings. The van der Waals surface area contributed by atoms with Crippen LogP contribution in [0.25, 0.3) is 0 Å². The van der Waals surface area contributed by atoms with E-state index < -0.39 is 0 Å². The van der Waals surface area contributed by atoms with E-state index in [0.29, 0.717) is 5.41 Å². The standard InChI is InChI=1S/C17H26N2.2ClH/c1-14(2)16-17(13-18-16)8-10-19(11-9-17)12-15-6-4-3-5-7-15;;/h3-7,14,16,18H,8-13H2,1-2H3;2*1H. The van der Waals surface area contributed by atoms with Gasteiger partial charge < -0.3 is 5.32 Å². The number of benzene rings is 1. The summed E-state index contributed by atoms with van der Waals surface area (Å²) in [5, 5.41) is 3.65. The van der Waals surface area contributed by atoms with E-state index in [4.69, 9.17) is 0 Å². The molecular weight excluding hydrogens is 303 g/mol. The van der Waals surface area contributed by atoms with Crippen molar-refractivity contribution in [3.63, 3.8) is 0 Å². The van der Waals surface area contributed by atoms with E-state index in [2.05, 4.69) is 54.4 Å². The van der Waals surface area contributed by atoms with Crippen LogP contribution in [0.4, 0.5) is 0 Å². The molecule has 4 heteroatoms. The monoisotopic (exact) mass is 330 g/mol. The molecule has 0 aromatic heterocycles. The lowest BCUT2D eigenvalue weighted by atomic mass is 9.63. The maximum absolute atomic E-state index is 3.65. The summed E-state index contributed by atoms with van der Waals surface area (Å²) in [5.41, 5.74) is 2.06. The molecule has 0 saturated carbocycles. The van der Waals surface area contributed by atoms with E-state index in [9.17, 15) is 0 Å². The van der Waals surface area contributed by atoms with Gasteiger partial charge in [0.15, 0.2) is 0 Å². The molecule has 1 atom stereocenters. The lowest BCUT2D eigenvalue weighted by Gasteiger charge is -2.56. The first-order valence-electron chi connectivity index (χ1n) is 7.69. The predicted octanol–water partition coefficient (Wildman–Crippen LogP) is 3.74. The Morgan fingerprint density at radius 2 is 1.76 bits per heavy atom. The second kappa shape index (κ2) is 7.82. The second-order valence-corrected chi connectivity index (χ2v) is 6.73. The average Bonchev–Trinajstić information content (AvgIpc) is 2.39. The minimum Gasteiger partial charge on any atom is -0.313 e. The third kappa shape index (κ3) is 3.92. The molecule has 2 nitrogen and oxygen atoms in total. The van der Waals surface area contributed by atoms with Crippen molar-refractivity contribution in [3.05, 3.63) is 35.9 Å². The smallest absolute Gasteiger partial charge is 0.0233 e. The highest BCUT2D eigenvalue weighted by molar-refractivity contribution is 5.85. The Bertz CT molecular complexity index is 414. The van der Waals surface area contributed by atoms with Crippen molar-refractivity contribution in [2.45, 2.75) is 39.3 Å². The van der Waals surface area contributed by atoms with Crippen LogP contribution in [-0.4, -0.2) is 30.6 Å². The fourth-order valence-corrected chi connectivity index (χ4v) is 3.94. The van der Waals surface area contributed by atoms with Crippen LogP contribution < -0.4 is 5.32 Å². The minimum absolute atomic E-state index is 0. The van der Waals surface area contributed by atoms with Crippen LogP contribution in [-0.2, 0) is 6.54 Å². The first-order valence-corrected chi connectivity index (χ1v) is 7.69. The van der Waals surface area contributed by atoms with Gasteiger partial charge in [-0.15, -0.1) is 24.8 Å². The van der Waals surface area contributed by atoms with E-state index >= 15 is 0 Å². The Morgan fingerprint density at radius 3 is 2.24 bits per heavy atom. The maximum Gasteiger partial charge on any atom is 0.0233 e. The van der Waals surface area contributed by atoms with Gasteiger partial charge in [-0.25, -0.2) is 0 Å². The molecule has 120 valence electrons. The van der Waals surface area contributed by atoms with Crippen LogP contribution in [0.3, 0.4) is 0 Å². The van der Waals surface area contributed by atoms with Crippen molar-refractivity contribution in [3.8, 4) is 0 Å². The van der Waals surface area contributed by atoms with Crippen molar-refractivity contribution in [1.82, 2.24) is 10.2 Å². The summed E-state index contributed by atoms with van der Waals surface area (Å²) in [4.78, 5) is 2.62. The van der Waals surface area contributed by atoms with Gasteiger partial charge in [0, 0.05) is 24.5 Å². The molecule has 0 radical (unpaired) electrons. The predicted molar refractivity (Wildman–Crippen MR) is 94.5 cm³/mol. The highest BCUT2D eigenvalue weighted by Crippen LogP contribution is 2.43. The molecule has 21 heavy (non-hydrogen) atoms. The SMILES string of the molecule is CC(C)C1NCC12CCN(Cc1ccccc1)CC2.Cl.Cl. The molecule has 0 bridgehead atoms. The molecular formula is C17H28Cl2N2. The minimum atomic E-state index is 0. The van der Waals surface area contributed by atoms with E-state index in [1.165, 1.54) is 38.0 Å². The first kappa shape index (κ1) is 18.8. The largest absolute Gasteiger partial charge is 0.313 e. The van der Waals surface area contributed by atoms with Crippen molar-refractivity contribution in [2.75, 3.05) is 19.6 Å². The van der Waals surface area contributed by atoms with Gasteiger partial charge in [0.2, 0.25) is 0 Å². The summed E-state index contributed by atoms with van der Waals surface area (Å²) < 4.78 is 0. The third-order valence-electron chi connectivity index (χ3n) is 5.10. The van der Waals surface area contributed by atoms with Gasteiger partial charge in [-0.1, -0.05) is 44.2 Å². The summed E-state index contributed by atoms with van der Waals surface area (Å²) in [6, 6.07) is 11.6. The molecule has 0 aliphatic carbocycles. The number of rotatable bonds is 3. The molecule has 1 N–H and O–H groups in total. The van der Waals surface area contributed by atoms with Crippen molar-refractivity contribution < 1.29 is 0 Å². The molecule has 2 aliphatic heterocycles. The summed E-state index contributed by atoms with van der Waals surface area (Å²) in [7, 11) is 0. The summed E-state index contributed by atoms with van der Waals surface area (Å²) >= 11 is 0. The number of hydrogen-bond donors (Lipinski definition) is 1. The number of halogens is 2. The number of piperidine rings is 1. The van der Waals surface area contributed by atoms with E-state index in [-0.39, 0.29) is 24.8 Å². The van der Waals surface area contributed by atoms with Crippen LogP contribution in [0.1, 0.15) is 32.3 Å². The van der Waals surface area contributed by atoms with Gasteiger partial charge in [0.1, 0.15) is 0 Å². The molecule has 2 aliphatic rings. The van der Waals surface area contributed by atoms with E-state index in [1.807, 2.05) is 0 Å². The Kier molecular flexibility index (Phi) is 6.99. The summed E-state index contributed by atoms with van der Waals surface area (Å²) in [6.07, 6.45) is 2.74. The van der Waals surface area contributed by atoms with Crippen LogP contribution >= 0.6 is 24.8 Å². The molecule has 0 amide bonds. The number of nitrogens with zero attached hydrogens (tertiary/aromatic N) is 1. The molecule has 3 rings (SSSR count). The van der Waals surface area contributed by atoms with E-state index in [1.54, 1.807) is 0 Å². The zero-order chi connectivity index (χ0) is 13.3. The number of hydrogen-bond acceptors (Lipinski definition) is 2. The zero-order valence-electron chi connectivity index (χ0n) is 13.0. The topological polar surface area (TPSA) is 15.3 Å². The van der Waals surface area contributed by atoms with Crippen LogP contribution in [0.15, 0.2) is 30.3 Å². The maximum atomic E-state index is 3.65. The lowest BCUT2D eigenvalue weighted by Crippen LogP contribution is -2.67. The zero-order valence-corrected chi connectivity index (χ0v) is 14.7. The lowest BCUT2D eigenvalue weighted by molar-refractivity contribution is -0.0174. The highest BCUT2D eigenvalue weighted by atomic mass is 35.5. The van der Waals surface area contributed by atoms with Crippen LogP contribution in [0.2, 0.25) is 0 Å². The fourth-order valence-electron chi connectivity index (χ4n) is 3.94. The normalized spacial score (nSPS) is 24.0. The van der Waals surface area contributed by atoms with Gasteiger partial charge in [-0.2, -0.15) is 0 Å². The molecule has 2 heterocycles. The van der Waals surface area contributed by atoms with E-state index in [0.717, 1.165) is 18.5 Å². The Balaban J connectivity index is 0.00000110. The van der Waals surface area contributed by atoms with Gasteiger partial charge in [-0.05, 0) is 37.4 Å². The van der Waals surface area contributed by atoms with Crippen molar-refractivity contribution >= 4 is 24.8 Å². The molecule has 1 aromatic rings. The molecule has 1 spiro atoms. The van der Waals surface area contributed by atoms with Gasteiger partial charge in [-0.3, -0.25) is 4.90 Å². The molecule has 2 saturated heterocycles. The fraction of sp³-hybridized carbons (Fsp3) is 0.647. The van der Waals surface area contributed by atoms with Gasteiger partial charge >= 0.3 is 0 Å². The molecule has 1 aromatic carbocycles. The van der Waals surface area contributed by atoms with Crippen molar-refractivity contribution in [1.29, 1.82) is 0 Å². The van der Waals surface area contributed by atoms with Crippen molar-refractivity contribution in [2.24, 2.45) is 11.3 Å². The Morgan fingerprint density at radius 1 is 1.14 bits per heavy atom. The van der Waals surface area contributed by atoms with Gasteiger partial charge in [0.05, 0.1) is 0 Å². The third-order valence-corrected chi connectivity index (χ3v) is 5.10. The number of nitrogens with one attached hydrogen (secondary N) is 1. The Hall–Kier alpha value is -0.280. The quantitative estimate of drug-likeness (QED) is 0.908. The van der Waals surface area contributed by atoms with Gasteiger partial charge in [0.25, 0.3) is 0 Å². The average molecular weight is 331 g/mol. The second-order valence-electron chi connectivity index (χ2n) is 6.73. The Labute approximate surface area is 141 Å². The highest BCUT2D eigenvalue weighted by Gasteiger charge is 2.48. The molecule has 1 unspecified atom stereocenters. The van der Waals surface area contributed by atoms with Crippen LogP contribution in [0.5, 0.6) is 0 Å². The van der Waals surface area contributed by atoms with Crippen LogP contribution in [0, 0.1) is 11.3 Å².